The van der Waals surface area contributed by atoms with Crippen LogP contribution in [-0.4, -0.2) is 15.1 Å². The van der Waals surface area contributed by atoms with E-state index in [1.807, 2.05) is 0 Å². The summed E-state index contributed by atoms with van der Waals surface area (Å²) in [5.74, 6) is -1.13. The largest absolute Gasteiger partial charge is 0.337 e. The number of rotatable bonds is 3. The average molecular weight is 359 g/mol. The molecule has 0 saturated heterocycles. The Hall–Kier alpha value is -3.06. The smallest absolute Gasteiger partial charge is 0.263 e. The van der Waals surface area contributed by atoms with E-state index in [2.05, 4.69) is 20.4 Å². The topological polar surface area (TPSA) is 63.8 Å². The van der Waals surface area contributed by atoms with Crippen LogP contribution in [0.4, 0.5) is 20.3 Å². The van der Waals surface area contributed by atoms with Gasteiger partial charge >= 0.3 is 0 Å². The molecule has 0 radical (unpaired) electrons. The molecule has 124 valence electrons. The maximum Gasteiger partial charge on any atom is 0.263 e. The fourth-order valence-electron chi connectivity index (χ4n) is 2.43. The number of halogens is 3. The van der Waals surface area contributed by atoms with E-state index in [0.29, 0.717) is 21.7 Å². The van der Waals surface area contributed by atoms with Crippen LogP contribution in [0.25, 0.3) is 22.4 Å². The van der Waals surface area contributed by atoms with Crippen LogP contribution >= 0.6 is 11.6 Å². The van der Waals surface area contributed by atoms with Gasteiger partial charge in [0, 0.05) is 16.7 Å². The van der Waals surface area contributed by atoms with Crippen LogP contribution in [0.5, 0.6) is 0 Å². The van der Waals surface area contributed by atoms with E-state index in [1.165, 1.54) is 12.4 Å². The van der Waals surface area contributed by atoms with Crippen LogP contribution in [0.2, 0.25) is 5.02 Å². The van der Waals surface area contributed by atoms with Gasteiger partial charge in [-0.2, -0.15) is 4.98 Å². The summed E-state index contributed by atoms with van der Waals surface area (Å²) in [5.41, 5.74) is 1.46. The van der Waals surface area contributed by atoms with Crippen LogP contribution in [0.15, 0.2) is 53.3 Å². The maximum atomic E-state index is 13.9. The van der Waals surface area contributed by atoms with E-state index < -0.39 is 11.6 Å². The fourth-order valence-corrected chi connectivity index (χ4v) is 2.62. The van der Waals surface area contributed by atoms with E-state index in [0.717, 1.165) is 12.1 Å². The molecule has 2 heterocycles. The summed E-state index contributed by atoms with van der Waals surface area (Å²) in [7, 11) is 0. The Balaban J connectivity index is 1.86. The molecule has 5 nitrogen and oxygen atoms in total. The van der Waals surface area contributed by atoms with Crippen molar-refractivity contribution in [2.24, 2.45) is 0 Å². The Kier molecular flexibility index (Phi) is 3.77. The second-order valence-electron chi connectivity index (χ2n) is 5.19. The molecule has 0 aliphatic heterocycles. The highest BCUT2D eigenvalue weighted by atomic mass is 35.5. The summed E-state index contributed by atoms with van der Waals surface area (Å²) in [6, 6.07) is 10.2. The number of hydrogen-bond acceptors (Lipinski definition) is 5. The zero-order valence-corrected chi connectivity index (χ0v) is 13.3. The van der Waals surface area contributed by atoms with Crippen molar-refractivity contribution in [1.82, 2.24) is 15.1 Å². The molecular formula is C17H9ClF2N4O. The normalized spacial score (nSPS) is 11.0. The molecule has 0 spiro atoms. The molecule has 4 rings (SSSR count). The summed E-state index contributed by atoms with van der Waals surface area (Å²) in [4.78, 5) is 8.15. The lowest BCUT2D eigenvalue weighted by Crippen LogP contribution is -1.98. The van der Waals surface area contributed by atoms with E-state index >= 15 is 0 Å². The van der Waals surface area contributed by atoms with Gasteiger partial charge < -0.3 is 9.84 Å². The maximum absolute atomic E-state index is 13.9. The zero-order valence-electron chi connectivity index (χ0n) is 12.5. The van der Waals surface area contributed by atoms with Gasteiger partial charge in [0.05, 0.1) is 5.69 Å². The molecular weight excluding hydrogens is 350 g/mol. The van der Waals surface area contributed by atoms with Gasteiger partial charge in [-0.05, 0) is 24.3 Å². The van der Waals surface area contributed by atoms with Crippen molar-refractivity contribution in [3.8, 4) is 11.3 Å². The quantitative estimate of drug-likeness (QED) is 0.560. The lowest BCUT2D eigenvalue weighted by Gasteiger charge is -2.08. The van der Waals surface area contributed by atoms with Crippen molar-refractivity contribution in [1.29, 1.82) is 0 Å². The Labute approximate surface area is 145 Å². The SMILES string of the molecule is Fc1ccc(Nc2ncnc3onc(-c4cccc(Cl)c4)c23)c(F)c1. The third-order valence-electron chi connectivity index (χ3n) is 3.55. The molecule has 0 aliphatic rings. The second kappa shape index (κ2) is 6.10. The van der Waals surface area contributed by atoms with Gasteiger partial charge in [0.2, 0.25) is 0 Å². The highest BCUT2D eigenvalue weighted by molar-refractivity contribution is 6.30. The minimum atomic E-state index is -0.743. The number of nitrogens with one attached hydrogen (secondary N) is 1. The lowest BCUT2D eigenvalue weighted by atomic mass is 10.1. The van der Waals surface area contributed by atoms with Crippen molar-refractivity contribution in [3.63, 3.8) is 0 Å². The van der Waals surface area contributed by atoms with Gasteiger partial charge in [0.1, 0.15) is 34.9 Å². The highest BCUT2D eigenvalue weighted by Gasteiger charge is 2.18. The number of benzene rings is 2. The number of hydrogen-bond donors (Lipinski definition) is 1. The van der Waals surface area contributed by atoms with Crippen LogP contribution < -0.4 is 5.32 Å². The van der Waals surface area contributed by atoms with Gasteiger partial charge in [-0.1, -0.05) is 28.9 Å². The van der Waals surface area contributed by atoms with E-state index in [1.54, 1.807) is 24.3 Å². The first-order chi connectivity index (χ1) is 12.1. The van der Waals surface area contributed by atoms with E-state index in [-0.39, 0.29) is 17.2 Å². The number of anilines is 2. The molecule has 0 bridgehead atoms. The molecule has 1 N–H and O–H groups in total. The molecule has 0 amide bonds. The molecule has 0 unspecified atom stereocenters. The summed E-state index contributed by atoms with van der Waals surface area (Å²) in [6.45, 7) is 0. The Morgan fingerprint density at radius 2 is 1.92 bits per heavy atom. The van der Waals surface area contributed by atoms with Gasteiger partial charge in [-0.15, -0.1) is 0 Å². The van der Waals surface area contributed by atoms with Gasteiger partial charge in [-0.3, -0.25) is 0 Å². The van der Waals surface area contributed by atoms with Crippen molar-refractivity contribution >= 4 is 34.2 Å². The van der Waals surface area contributed by atoms with Crippen LogP contribution in [-0.2, 0) is 0 Å². The van der Waals surface area contributed by atoms with Crippen LogP contribution in [0.3, 0.4) is 0 Å². The molecule has 8 heteroatoms. The van der Waals surface area contributed by atoms with Crippen molar-refractivity contribution in [3.05, 3.63) is 65.4 Å². The summed E-state index contributed by atoms with van der Waals surface area (Å²) in [5, 5.41) is 7.84. The highest BCUT2D eigenvalue weighted by Crippen LogP contribution is 2.33. The zero-order chi connectivity index (χ0) is 17.4. The van der Waals surface area contributed by atoms with Gasteiger partial charge in [0.25, 0.3) is 5.71 Å². The van der Waals surface area contributed by atoms with Gasteiger partial charge in [0.15, 0.2) is 0 Å². The molecule has 4 aromatic rings. The standard InChI is InChI=1S/C17H9ClF2N4O/c18-10-3-1-2-9(6-10)15-14-16(21-8-22-17(14)25-24-15)23-13-5-4-11(19)7-12(13)20/h1-8H,(H,21,22,23). The van der Waals surface area contributed by atoms with E-state index in [4.69, 9.17) is 16.1 Å². The Bertz CT molecular complexity index is 1080. The number of aromatic nitrogens is 3. The molecule has 2 aromatic carbocycles. The fraction of sp³-hybridized carbons (Fsp3) is 0. The first kappa shape index (κ1) is 15.5. The minimum Gasteiger partial charge on any atom is -0.337 e. The van der Waals surface area contributed by atoms with E-state index in [9.17, 15) is 8.78 Å². The number of fused-ring (bicyclic) bond motifs is 1. The third-order valence-corrected chi connectivity index (χ3v) is 3.79. The molecule has 0 fully saturated rings. The predicted molar refractivity (Wildman–Crippen MR) is 89.7 cm³/mol. The molecule has 0 saturated carbocycles. The van der Waals surface area contributed by atoms with Gasteiger partial charge in [-0.25, -0.2) is 13.8 Å². The predicted octanol–water partition coefficient (Wildman–Crippen LogP) is 4.96. The minimum absolute atomic E-state index is 0.0691. The third kappa shape index (κ3) is 2.89. The van der Waals surface area contributed by atoms with Crippen LogP contribution in [0.1, 0.15) is 0 Å². The molecule has 25 heavy (non-hydrogen) atoms. The second-order valence-corrected chi connectivity index (χ2v) is 5.63. The molecule has 0 atom stereocenters. The van der Waals surface area contributed by atoms with Crippen molar-refractivity contribution < 1.29 is 13.3 Å². The summed E-state index contributed by atoms with van der Waals surface area (Å²) >= 11 is 6.03. The number of nitrogens with zero attached hydrogens (tertiary/aromatic N) is 3. The monoisotopic (exact) mass is 358 g/mol. The van der Waals surface area contributed by atoms with Crippen molar-refractivity contribution in [2.45, 2.75) is 0 Å². The van der Waals surface area contributed by atoms with Crippen LogP contribution in [0, 0.1) is 11.6 Å². The molecule has 0 aliphatic carbocycles. The van der Waals surface area contributed by atoms with Crippen molar-refractivity contribution in [2.75, 3.05) is 5.32 Å². The average Bonchev–Trinajstić information content (AvgIpc) is 3.02. The molecule has 2 aromatic heterocycles. The lowest BCUT2D eigenvalue weighted by molar-refractivity contribution is 0.451. The summed E-state index contributed by atoms with van der Waals surface area (Å²) < 4.78 is 32.3. The summed E-state index contributed by atoms with van der Waals surface area (Å²) in [6.07, 6.45) is 1.26. The first-order valence-corrected chi connectivity index (χ1v) is 7.58. The Morgan fingerprint density at radius 3 is 2.72 bits per heavy atom. The first-order valence-electron chi connectivity index (χ1n) is 7.20. The Morgan fingerprint density at radius 1 is 1.04 bits per heavy atom.